The molecule has 0 fully saturated rings. The molecule has 0 bridgehead atoms. The van der Waals surface area contributed by atoms with E-state index in [1.54, 1.807) is 6.42 Å². The van der Waals surface area contributed by atoms with Gasteiger partial charge < -0.3 is 4.74 Å². The fourth-order valence-corrected chi connectivity index (χ4v) is 2.16. The molecule has 0 spiro atoms. The number of benzene rings is 1. The SMILES string of the molecule is CCCCCCCC[CH]C(=O)OC(C)c1ccccc1. The van der Waals surface area contributed by atoms with E-state index in [1.165, 1.54) is 32.1 Å². The van der Waals surface area contributed by atoms with Crippen molar-refractivity contribution in [1.29, 1.82) is 0 Å². The van der Waals surface area contributed by atoms with Gasteiger partial charge in [0.1, 0.15) is 6.10 Å². The molecule has 0 amide bonds. The Hall–Kier alpha value is -1.31. The highest BCUT2D eigenvalue weighted by atomic mass is 16.5. The maximum atomic E-state index is 11.7. The van der Waals surface area contributed by atoms with Crippen LogP contribution < -0.4 is 0 Å². The quantitative estimate of drug-likeness (QED) is 0.431. The minimum absolute atomic E-state index is 0.176. The molecule has 111 valence electrons. The zero-order valence-corrected chi connectivity index (χ0v) is 12.8. The fourth-order valence-electron chi connectivity index (χ4n) is 2.16. The van der Waals surface area contributed by atoms with Crippen molar-refractivity contribution < 1.29 is 9.53 Å². The molecule has 0 aromatic heterocycles. The summed E-state index contributed by atoms with van der Waals surface area (Å²) in [5.74, 6) is -0.199. The predicted molar refractivity (Wildman–Crippen MR) is 83.2 cm³/mol. The average Bonchev–Trinajstić information content (AvgIpc) is 2.47. The molecule has 20 heavy (non-hydrogen) atoms. The van der Waals surface area contributed by atoms with E-state index in [0.29, 0.717) is 0 Å². The maximum absolute atomic E-state index is 11.7. The van der Waals surface area contributed by atoms with Crippen molar-refractivity contribution in [2.75, 3.05) is 0 Å². The molecule has 2 nitrogen and oxygen atoms in total. The molecule has 0 aliphatic rings. The molecule has 0 saturated heterocycles. The molecule has 1 atom stereocenters. The summed E-state index contributed by atoms with van der Waals surface area (Å²) in [5.41, 5.74) is 1.04. The van der Waals surface area contributed by atoms with Gasteiger partial charge in [0.15, 0.2) is 0 Å². The van der Waals surface area contributed by atoms with Crippen LogP contribution in [0.25, 0.3) is 0 Å². The van der Waals surface area contributed by atoms with E-state index in [-0.39, 0.29) is 12.1 Å². The normalized spacial score (nSPS) is 12.1. The Morgan fingerprint density at radius 1 is 1.10 bits per heavy atom. The number of rotatable bonds is 10. The minimum Gasteiger partial charge on any atom is -0.458 e. The van der Waals surface area contributed by atoms with Crippen LogP contribution in [0.5, 0.6) is 0 Å². The molecule has 1 aromatic carbocycles. The van der Waals surface area contributed by atoms with Gasteiger partial charge in [-0.15, -0.1) is 0 Å². The number of carbonyl (C=O) groups is 1. The van der Waals surface area contributed by atoms with Crippen LogP contribution in [0.1, 0.15) is 70.5 Å². The van der Waals surface area contributed by atoms with Crippen molar-refractivity contribution in [2.24, 2.45) is 0 Å². The molecule has 1 aromatic rings. The summed E-state index contributed by atoms with van der Waals surface area (Å²) in [6.07, 6.45) is 9.80. The monoisotopic (exact) mass is 275 g/mol. The van der Waals surface area contributed by atoms with Gasteiger partial charge in [-0.2, -0.15) is 0 Å². The largest absolute Gasteiger partial charge is 0.458 e. The third kappa shape index (κ3) is 7.32. The van der Waals surface area contributed by atoms with E-state index < -0.39 is 0 Å². The Labute approximate surface area is 123 Å². The first-order chi connectivity index (χ1) is 9.74. The molecule has 0 saturated carbocycles. The van der Waals surface area contributed by atoms with E-state index in [4.69, 9.17) is 4.74 Å². The lowest BCUT2D eigenvalue weighted by molar-refractivity contribution is -0.144. The van der Waals surface area contributed by atoms with Crippen LogP contribution in [0.3, 0.4) is 0 Å². The van der Waals surface area contributed by atoms with Crippen LogP contribution in [-0.2, 0) is 9.53 Å². The van der Waals surface area contributed by atoms with Crippen molar-refractivity contribution >= 4 is 5.97 Å². The highest BCUT2D eigenvalue weighted by Gasteiger charge is 2.10. The first-order valence-corrected chi connectivity index (χ1v) is 7.82. The second-order valence-electron chi connectivity index (χ2n) is 5.25. The van der Waals surface area contributed by atoms with Crippen molar-refractivity contribution in [3.63, 3.8) is 0 Å². The maximum Gasteiger partial charge on any atom is 0.310 e. The van der Waals surface area contributed by atoms with E-state index >= 15 is 0 Å². The number of carbonyl (C=O) groups excluding carboxylic acids is 1. The van der Waals surface area contributed by atoms with Gasteiger partial charge in [0.05, 0.1) is 6.42 Å². The first kappa shape index (κ1) is 16.7. The molecule has 1 unspecified atom stereocenters. The van der Waals surface area contributed by atoms with Crippen molar-refractivity contribution in [2.45, 2.75) is 64.9 Å². The van der Waals surface area contributed by atoms with E-state index in [9.17, 15) is 4.79 Å². The molecular formula is C18H27O2. The van der Waals surface area contributed by atoms with Gasteiger partial charge in [-0.05, 0) is 18.9 Å². The molecule has 0 aliphatic heterocycles. The predicted octanol–water partition coefficient (Wildman–Crippen LogP) is 5.25. The zero-order valence-electron chi connectivity index (χ0n) is 12.8. The summed E-state index contributed by atoms with van der Waals surface area (Å²) < 4.78 is 5.39. The molecule has 1 radical (unpaired) electrons. The highest BCUT2D eigenvalue weighted by molar-refractivity contribution is 5.78. The van der Waals surface area contributed by atoms with Crippen LogP contribution in [0.15, 0.2) is 30.3 Å². The van der Waals surface area contributed by atoms with E-state index in [1.807, 2.05) is 37.3 Å². The van der Waals surface area contributed by atoms with Crippen LogP contribution in [0.4, 0.5) is 0 Å². The highest BCUT2D eigenvalue weighted by Crippen LogP contribution is 2.17. The van der Waals surface area contributed by atoms with Crippen LogP contribution in [-0.4, -0.2) is 5.97 Å². The average molecular weight is 275 g/mol. The van der Waals surface area contributed by atoms with Crippen LogP contribution in [0, 0.1) is 6.42 Å². The summed E-state index contributed by atoms with van der Waals surface area (Å²) in [5, 5.41) is 0. The number of unbranched alkanes of at least 4 members (excludes halogenated alkanes) is 6. The van der Waals surface area contributed by atoms with Gasteiger partial charge in [0.25, 0.3) is 0 Å². The third-order valence-electron chi connectivity index (χ3n) is 3.43. The van der Waals surface area contributed by atoms with Gasteiger partial charge in [0.2, 0.25) is 0 Å². The Kier molecular flexibility index (Phi) is 8.77. The molecule has 0 heterocycles. The lowest BCUT2D eigenvalue weighted by atomic mass is 10.1. The van der Waals surface area contributed by atoms with Gasteiger partial charge >= 0.3 is 5.97 Å². The number of hydrogen-bond acceptors (Lipinski definition) is 2. The first-order valence-electron chi connectivity index (χ1n) is 7.82. The van der Waals surface area contributed by atoms with Gasteiger partial charge in [0, 0.05) is 0 Å². The third-order valence-corrected chi connectivity index (χ3v) is 3.43. The standard InChI is InChI=1S/C18H27O2/c1-3-4-5-6-7-8-12-15-18(19)20-16(2)17-13-10-9-11-14-17/h9-11,13-16H,3-8,12H2,1-2H3. The Bertz CT molecular complexity index is 359. The minimum atomic E-state index is -0.199. The lowest BCUT2D eigenvalue weighted by Crippen LogP contribution is -2.09. The van der Waals surface area contributed by atoms with Gasteiger partial charge in [-0.25, -0.2) is 0 Å². The van der Waals surface area contributed by atoms with E-state index in [0.717, 1.165) is 18.4 Å². The van der Waals surface area contributed by atoms with Crippen molar-refractivity contribution in [3.8, 4) is 0 Å². The summed E-state index contributed by atoms with van der Waals surface area (Å²) >= 11 is 0. The fraction of sp³-hybridized carbons (Fsp3) is 0.556. The van der Waals surface area contributed by atoms with E-state index in [2.05, 4.69) is 6.92 Å². The number of ether oxygens (including phenoxy) is 1. The topological polar surface area (TPSA) is 26.3 Å². The number of esters is 1. The molecule has 2 heteroatoms. The summed E-state index contributed by atoms with van der Waals surface area (Å²) in [4.78, 5) is 11.7. The summed E-state index contributed by atoms with van der Waals surface area (Å²) in [7, 11) is 0. The summed E-state index contributed by atoms with van der Waals surface area (Å²) in [6, 6.07) is 9.83. The molecule has 0 N–H and O–H groups in total. The Balaban J connectivity index is 2.08. The molecule has 0 aliphatic carbocycles. The Morgan fingerprint density at radius 2 is 1.75 bits per heavy atom. The van der Waals surface area contributed by atoms with Gasteiger partial charge in [-0.1, -0.05) is 75.8 Å². The second-order valence-corrected chi connectivity index (χ2v) is 5.25. The van der Waals surface area contributed by atoms with Crippen LogP contribution in [0.2, 0.25) is 0 Å². The molecule has 1 rings (SSSR count). The van der Waals surface area contributed by atoms with Crippen molar-refractivity contribution in [1.82, 2.24) is 0 Å². The molecular weight excluding hydrogens is 248 g/mol. The number of hydrogen-bond donors (Lipinski definition) is 0. The second kappa shape index (κ2) is 10.5. The summed E-state index contributed by atoms with van der Waals surface area (Å²) in [6.45, 7) is 4.13. The zero-order chi connectivity index (χ0) is 14.6. The van der Waals surface area contributed by atoms with Gasteiger partial charge in [-0.3, -0.25) is 4.79 Å². The lowest BCUT2D eigenvalue weighted by Gasteiger charge is -2.13. The smallest absolute Gasteiger partial charge is 0.310 e. The van der Waals surface area contributed by atoms with Crippen molar-refractivity contribution in [3.05, 3.63) is 42.3 Å². The van der Waals surface area contributed by atoms with Crippen LogP contribution >= 0.6 is 0 Å². The Morgan fingerprint density at radius 3 is 2.45 bits per heavy atom.